The molecule has 26 heavy (non-hydrogen) atoms. The molecule has 0 aliphatic carbocycles. The highest BCUT2D eigenvalue weighted by Gasteiger charge is 2.24. The van der Waals surface area contributed by atoms with Gasteiger partial charge in [-0.1, -0.05) is 13.8 Å². The average molecular weight is 358 g/mol. The molecule has 0 saturated carbocycles. The lowest BCUT2D eigenvalue weighted by Crippen LogP contribution is -2.00. The standard InChI is InChI=1S/C15H12N4O5.C2H6/c1-23-13-6-9(5-12(19(21)22)15(13)24-2)14(20)10(7-16)11-8-17-3-4-18-11;1-2/h3-6,8,20H,1-2H3;1-2H3/b14-10-;. The van der Waals surface area contributed by atoms with E-state index in [0.717, 1.165) is 6.07 Å². The number of aliphatic hydroxyl groups excluding tert-OH is 1. The lowest BCUT2D eigenvalue weighted by Gasteiger charge is -2.11. The fourth-order valence-electron chi connectivity index (χ4n) is 2.02. The number of ether oxygens (including phenoxy) is 2. The van der Waals surface area contributed by atoms with Crippen molar-refractivity contribution in [1.82, 2.24) is 9.97 Å². The van der Waals surface area contributed by atoms with Crippen LogP contribution in [0.2, 0.25) is 0 Å². The van der Waals surface area contributed by atoms with E-state index in [1.54, 1.807) is 0 Å². The summed E-state index contributed by atoms with van der Waals surface area (Å²) in [5.41, 5.74) is -0.434. The molecule has 0 atom stereocenters. The first kappa shape index (κ1) is 20.4. The number of nitriles is 1. The van der Waals surface area contributed by atoms with Gasteiger partial charge in [-0.25, -0.2) is 0 Å². The summed E-state index contributed by atoms with van der Waals surface area (Å²) in [6.07, 6.45) is 4.07. The number of nitro benzene ring substituents is 1. The van der Waals surface area contributed by atoms with Crippen LogP contribution < -0.4 is 9.47 Å². The van der Waals surface area contributed by atoms with Crippen molar-refractivity contribution in [3.8, 4) is 17.6 Å². The molecule has 1 heterocycles. The molecule has 9 heteroatoms. The summed E-state index contributed by atoms with van der Waals surface area (Å²) in [5, 5.41) is 30.9. The van der Waals surface area contributed by atoms with Crippen LogP contribution in [0.15, 0.2) is 30.7 Å². The van der Waals surface area contributed by atoms with Crippen LogP contribution in [0.3, 0.4) is 0 Å². The third kappa shape index (κ3) is 4.24. The fraction of sp³-hybridized carbons (Fsp3) is 0.235. The summed E-state index contributed by atoms with van der Waals surface area (Å²) in [6.45, 7) is 4.00. The summed E-state index contributed by atoms with van der Waals surface area (Å²) in [5.74, 6) is -0.524. The second kappa shape index (κ2) is 9.58. The molecule has 0 fully saturated rings. The zero-order chi connectivity index (χ0) is 19.7. The van der Waals surface area contributed by atoms with Gasteiger partial charge in [0.2, 0.25) is 5.75 Å². The van der Waals surface area contributed by atoms with Gasteiger partial charge in [0.15, 0.2) is 5.75 Å². The van der Waals surface area contributed by atoms with Gasteiger partial charge in [-0.2, -0.15) is 5.26 Å². The van der Waals surface area contributed by atoms with E-state index in [0.29, 0.717) is 0 Å². The second-order valence-corrected chi connectivity index (χ2v) is 4.41. The summed E-state index contributed by atoms with van der Waals surface area (Å²) in [7, 11) is 2.57. The van der Waals surface area contributed by atoms with E-state index in [1.807, 2.05) is 19.9 Å². The Morgan fingerprint density at radius 2 is 1.96 bits per heavy atom. The first-order chi connectivity index (χ1) is 12.5. The Morgan fingerprint density at radius 1 is 1.27 bits per heavy atom. The van der Waals surface area contributed by atoms with E-state index in [9.17, 15) is 20.5 Å². The van der Waals surface area contributed by atoms with Crippen LogP contribution in [0.1, 0.15) is 25.1 Å². The van der Waals surface area contributed by atoms with Gasteiger partial charge in [-0.3, -0.25) is 20.1 Å². The maximum Gasteiger partial charge on any atom is 0.315 e. The molecule has 1 aromatic carbocycles. The second-order valence-electron chi connectivity index (χ2n) is 4.41. The molecule has 0 aliphatic heterocycles. The summed E-state index contributed by atoms with van der Waals surface area (Å²) in [6, 6.07) is 4.23. The molecule has 136 valence electrons. The molecule has 2 rings (SSSR count). The molecular formula is C17H18N4O5. The molecule has 0 amide bonds. The number of hydrogen-bond donors (Lipinski definition) is 1. The van der Waals surface area contributed by atoms with Crippen molar-refractivity contribution in [3.63, 3.8) is 0 Å². The van der Waals surface area contributed by atoms with Crippen molar-refractivity contribution < 1.29 is 19.5 Å². The number of hydrogen-bond acceptors (Lipinski definition) is 8. The molecule has 0 spiro atoms. The zero-order valence-electron chi connectivity index (χ0n) is 14.8. The molecule has 1 N–H and O–H groups in total. The molecule has 1 aromatic heterocycles. The number of benzene rings is 1. The SMILES string of the molecule is CC.COc1cc(/C(O)=C(\C#N)c2cnccn2)cc([N+](=O)[O-])c1OC. The average Bonchev–Trinajstić information content (AvgIpc) is 2.69. The molecule has 0 saturated heterocycles. The highest BCUT2D eigenvalue weighted by Crippen LogP contribution is 2.40. The van der Waals surface area contributed by atoms with Crippen LogP contribution >= 0.6 is 0 Å². The minimum atomic E-state index is -0.674. The van der Waals surface area contributed by atoms with E-state index in [1.165, 1.54) is 38.9 Å². The minimum absolute atomic E-state index is 0.0153. The van der Waals surface area contributed by atoms with Crippen molar-refractivity contribution in [3.05, 3.63) is 52.1 Å². The smallest absolute Gasteiger partial charge is 0.315 e. The predicted octanol–water partition coefficient (Wildman–Crippen LogP) is 3.38. The highest BCUT2D eigenvalue weighted by atomic mass is 16.6. The van der Waals surface area contributed by atoms with Gasteiger partial charge in [-0.15, -0.1) is 0 Å². The van der Waals surface area contributed by atoms with E-state index in [4.69, 9.17) is 9.47 Å². The van der Waals surface area contributed by atoms with Gasteiger partial charge in [0, 0.05) is 24.0 Å². The number of rotatable bonds is 5. The van der Waals surface area contributed by atoms with E-state index in [2.05, 4.69) is 9.97 Å². The summed E-state index contributed by atoms with van der Waals surface area (Å²) < 4.78 is 10.0. The van der Waals surface area contributed by atoms with Gasteiger partial charge in [-0.05, 0) is 6.07 Å². The first-order valence-electron chi connectivity index (χ1n) is 7.54. The van der Waals surface area contributed by atoms with Crippen LogP contribution in [0, 0.1) is 21.4 Å². The number of aliphatic hydroxyl groups is 1. The van der Waals surface area contributed by atoms with Gasteiger partial charge < -0.3 is 14.6 Å². The van der Waals surface area contributed by atoms with Crippen LogP contribution in [0.4, 0.5) is 5.69 Å². The number of allylic oxidation sites excluding steroid dienone is 1. The van der Waals surface area contributed by atoms with Gasteiger partial charge >= 0.3 is 5.69 Å². The summed E-state index contributed by atoms with van der Waals surface area (Å²) in [4.78, 5) is 18.3. The normalized spacial score (nSPS) is 10.6. The number of nitrogens with zero attached hydrogens (tertiary/aromatic N) is 4. The Hall–Kier alpha value is -3.67. The molecule has 2 aromatic rings. The van der Waals surface area contributed by atoms with Crippen LogP contribution in [-0.2, 0) is 0 Å². The fourth-order valence-corrected chi connectivity index (χ4v) is 2.02. The molecule has 0 radical (unpaired) electrons. The molecule has 0 unspecified atom stereocenters. The van der Waals surface area contributed by atoms with Gasteiger partial charge in [0.1, 0.15) is 23.1 Å². The van der Waals surface area contributed by atoms with Crippen molar-refractivity contribution in [2.45, 2.75) is 13.8 Å². The number of nitro groups is 1. The molecule has 0 aliphatic rings. The van der Waals surface area contributed by atoms with E-state index < -0.39 is 16.4 Å². The maximum absolute atomic E-state index is 11.2. The lowest BCUT2D eigenvalue weighted by molar-refractivity contribution is -0.385. The molecule has 9 nitrogen and oxygen atoms in total. The van der Waals surface area contributed by atoms with Gasteiger partial charge in [0.25, 0.3) is 0 Å². The Morgan fingerprint density at radius 3 is 2.42 bits per heavy atom. The minimum Gasteiger partial charge on any atom is -0.506 e. The number of methoxy groups -OCH3 is 2. The van der Waals surface area contributed by atoms with Crippen molar-refractivity contribution in [2.75, 3.05) is 14.2 Å². The van der Waals surface area contributed by atoms with Crippen molar-refractivity contribution >= 4 is 17.0 Å². The van der Waals surface area contributed by atoms with Crippen molar-refractivity contribution in [1.29, 1.82) is 5.26 Å². The first-order valence-corrected chi connectivity index (χ1v) is 7.54. The monoisotopic (exact) mass is 358 g/mol. The third-order valence-electron chi connectivity index (χ3n) is 3.10. The Balaban J connectivity index is 0.00000163. The Kier molecular flexibility index (Phi) is 7.51. The van der Waals surface area contributed by atoms with Crippen LogP contribution in [0.5, 0.6) is 11.5 Å². The Labute approximate surface area is 150 Å². The molecule has 0 bridgehead atoms. The number of aromatic nitrogens is 2. The third-order valence-corrected chi connectivity index (χ3v) is 3.10. The lowest BCUT2D eigenvalue weighted by atomic mass is 10.1. The highest BCUT2D eigenvalue weighted by molar-refractivity contribution is 5.93. The van der Waals surface area contributed by atoms with Crippen LogP contribution in [0.25, 0.3) is 11.3 Å². The Bertz CT molecular complexity index is 844. The van der Waals surface area contributed by atoms with Crippen LogP contribution in [-0.4, -0.2) is 34.2 Å². The topological polar surface area (TPSA) is 131 Å². The van der Waals surface area contributed by atoms with Crippen molar-refractivity contribution in [2.24, 2.45) is 0 Å². The van der Waals surface area contributed by atoms with E-state index in [-0.39, 0.29) is 28.3 Å². The van der Waals surface area contributed by atoms with Gasteiger partial charge in [0.05, 0.1) is 25.3 Å². The predicted molar refractivity (Wildman–Crippen MR) is 94.6 cm³/mol. The van der Waals surface area contributed by atoms with E-state index >= 15 is 0 Å². The maximum atomic E-state index is 11.2. The zero-order valence-corrected chi connectivity index (χ0v) is 14.8. The largest absolute Gasteiger partial charge is 0.506 e. The molecular weight excluding hydrogens is 340 g/mol. The quantitative estimate of drug-likeness (QED) is 0.372. The summed E-state index contributed by atoms with van der Waals surface area (Å²) >= 11 is 0.